The third kappa shape index (κ3) is 8.06. The molecular weight excluding hydrogens is 155 g/mol. The van der Waals surface area contributed by atoms with Crippen LogP contribution in [0.4, 0.5) is 0 Å². The van der Waals surface area contributed by atoms with Crippen molar-refractivity contribution >= 4 is 23.2 Å². The van der Waals surface area contributed by atoms with Crippen LogP contribution in [0.1, 0.15) is 19.8 Å². The first-order valence-corrected chi connectivity index (χ1v) is 3.65. The molecule has 0 aromatic rings. The van der Waals surface area contributed by atoms with Gasteiger partial charge in [-0.15, -0.1) is 0 Å². The van der Waals surface area contributed by atoms with E-state index in [4.69, 9.17) is 23.2 Å². The van der Waals surface area contributed by atoms with E-state index in [0.717, 1.165) is 12.8 Å². The summed E-state index contributed by atoms with van der Waals surface area (Å²) >= 11 is 10.7. The van der Waals surface area contributed by atoms with Gasteiger partial charge < -0.3 is 0 Å². The lowest BCUT2D eigenvalue weighted by molar-refractivity contribution is 1.05. The van der Waals surface area contributed by atoms with E-state index in [1.165, 1.54) is 0 Å². The zero-order chi connectivity index (χ0) is 7.11. The molecule has 9 heavy (non-hydrogen) atoms. The largest absolute Gasteiger partial charge is 0.102 e. The van der Waals surface area contributed by atoms with Crippen LogP contribution in [0.3, 0.4) is 0 Å². The average Bonchev–Trinajstić information content (AvgIpc) is 1.80. The molecule has 0 saturated heterocycles. The fraction of sp³-hybridized carbons (Fsp3) is 0.429. The van der Waals surface area contributed by atoms with E-state index in [1.807, 2.05) is 13.0 Å². The van der Waals surface area contributed by atoms with Gasteiger partial charge >= 0.3 is 0 Å². The van der Waals surface area contributed by atoms with Gasteiger partial charge in [-0.3, -0.25) is 0 Å². The van der Waals surface area contributed by atoms with Crippen molar-refractivity contribution in [3.05, 3.63) is 22.7 Å². The van der Waals surface area contributed by atoms with Gasteiger partial charge in [0.2, 0.25) is 0 Å². The third-order valence-corrected chi connectivity index (χ3v) is 1.18. The minimum absolute atomic E-state index is 0.361. The highest BCUT2D eigenvalue weighted by molar-refractivity contribution is 6.55. The molecule has 0 unspecified atom stereocenters. The molecule has 0 fully saturated rings. The summed E-state index contributed by atoms with van der Waals surface area (Å²) < 4.78 is 0.361. The Morgan fingerprint density at radius 2 is 2.00 bits per heavy atom. The molecule has 52 valence electrons. The van der Waals surface area contributed by atoms with Crippen LogP contribution in [0.2, 0.25) is 0 Å². The molecule has 0 aromatic heterocycles. The van der Waals surface area contributed by atoms with E-state index in [-0.39, 0.29) is 0 Å². The van der Waals surface area contributed by atoms with Gasteiger partial charge in [-0.1, -0.05) is 41.4 Å². The predicted molar refractivity (Wildman–Crippen MR) is 43.8 cm³/mol. The first-order chi connectivity index (χ1) is 4.27. The Balaban J connectivity index is 3.20. The number of allylic oxidation sites excluding steroid dienone is 3. The second kappa shape index (κ2) is 6.18. The lowest BCUT2D eigenvalue weighted by Gasteiger charge is -1.84. The number of unbranched alkanes of at least 4 members (excludes halogenated alkanes) is 1. The lowest BCUT2D eigenvalue weighted by Crippen LogP contribution is -1.63. The Labute approximate surface area is 66.2 Å². The van der Waals surface area contributed by atoms with Crippen LogP contribution in [0, 0.1) is 0 Å². The summed E-state index contributed by atoms with van der Waals surface area (Å²) in [7, 11) is 0. The topological polar surface area (TPSA) is 0 Å². The van der Waals surface area contributed by atoms with Crippen molar-refractivity contribution < 1.29 is 0 Å². The van der Waals surface area contributed by atoms with Gasteiger partial charge in [-0.05, 0) is 19.8 Å². The molecule has 2 heteroatoms. The summed E-state index contributed by atoms with van der Waals surface area (Å²) in [4.78, 5) is 0. The Hall–Kier alpha value is 0.0600. The molecule has 0 heterocycles. The standard InChI is InChI=1S/C7H10Cl2/c1-2-3-4-5-6-7(8)9/h2-3,6H,4-5H2,1H3/b3-2+. The van der Waals surface area contributed by atoms with Gasteiger partial charge in [0.15, 0.2) is 0 Å². The maximum atomic E-state index is 5.36. The first-order valence-electron chi connectivity index (χ1n) is 2.89. The third-order valence-electron chi connectivity index (χ3n) is 0.868. The highest BCUT2D eigenvalue weighted by atomic mass is 35.5. The maximum absolute atomic E-state index is 5.36. The van der Waals surface area contributed by atoms with Gasteiger partial charge in [0, 0.05) is 0 Å². The van der Waals surface area contributed by atoms with E-state index in [9.17, 15) is 0 Å². The van der Waals surface area contributed by atoms with Crippen molar-refractivity contribution in [3.63, 3.8) is 0 Å². The molecular formula is C7H10Cl2. The summed E-state index contributed by atoms with van der Waals surface area (Å²) in [6, 6.07) is 0. The minimum Gasteiger partial charge on any atom is -0.0917 e. The zero-order valence-electron chi connectivity index (χ0n) is 5.40. The second-order valence-electron chi connectivity index (χ2n) is 1.64. The molecule has 0 saturated carbocycles. The predicted octanol–water partition coefficient (Wildman–Crippen LogP) is 3.66. The van der Waals surface area contributed by atoms with Crippen LogP contribution in [0.15, 0.2) is 22.7 Å². The minimum atomic E-state index is 0.361. The summed E-state index contributed by atoms with van der Waals surface area (Å²) in [6.07, 6.45) is 7.82. The average molecular weight is 165 g/mol. The van der Waals surface area contributed by atoms with Crippen molar-refractivity contribution in [3.8, 4) is 0 Å². The highest BCUT2D eigenvalue weighted by Crippen LogP contribution is 2.08. The number of halogens is 2. The van der Waals surface area contributed by atoms with Crippen LogP contribution >= 0.6 is 23.2 Å². The van der Waals surface area contributed by atoms with Gasteiger partial charge in [0.25, 0.3) is 0 Å². The molecule has 0 spiro atoms. The van der Waals surface area contributed by atoms with Crippen LogP contribution in [-0.4, -0.2) is 0 Å². The van der Waals surface area contributed by atoms with Crippen molar-refractivity contribution in [1.82, 2.24) is 0 Å². The molecule has 0 bridgehead atoms. The molecule has 0 N–H and O–H groups in total. The molecule has 0 aliphatic heterocycles. The Bertz CT molecular complexity index is 110. The van der Waals surface area contributed by atoms with Gasteiger partial charge in [-0.2, -0.15) is 0 Å². The van der Waals surface area contributed by atoms with Gasteiger partial charge in [0.1, 0.15) is 4.49 Å². The zero-order valence-corrected chi connectivity index (χ0v) is 6.91. The van der Waals surface area contributed by atoms with E-state index in [2.05, 4.69) is 6.08 Å². The first kappa shape index (κ1) is 9.06. The van der Waals surface area contributed by atoms with Gasteiger partial charge in [0.05, 0.1) is 0 Å². The van der Waals surface area contributed by atoms with Crippen molar-refractivity contribution in [2.24, 2.45) is 0 Å². The SMILES string of the molecule is C/C=C/CCC=C(Cl)Cl. The van der Waals surface area contributed by atoms with Crippen molar-refractivity contribution in [1.29, 1.82) is 0 Å². The monoisotopic (exact) mass is 164 g/mol. The van der Waals surface area contributed by atoms with Crippen molar-refractivity contribution in [2.45, 2.75) is 19.8 Å². The Kier molecular flexibility index (Phi) is 6.23. The van der Waals surface area contributed by atoms with E-state index >= 15 is 0 Å². The molecule has 0 rings (SSSR count). The molecule has 0 atom stereocenters. The smallest absolute Gasteiger partial charge is 0.0917 e. The van der Waals surface area contributed by atoms with Crippen LogP contribution in [0.5, 0.6) is 0 Å². The maximum Gasteiger partial charge on any atom is 0.102 e. The van der Waals surface area contributed by atoms with E-state index in [1.54, 1.807) is 6.08 Å². The fourth-order valence-electron chi connectivity index (χ4n) is 0.455. The molecule has 0 aromatic carbocycles. The van der Waals surface area contributed by atoms with Crippen LogP contribution < -0.4 is 0 Å². The summed E-state index contributed by atoms with van der Waals surface area (Å²) in [5.41, 5.74) is 0. The molecule has 0 aliphatic carbocycles. The molecule has 0 radical (unpaired) electrons. The summed E-state index contributed by atoms with van der Waals surface area (Å²) in [6.45, 7) is 1.99. The van der Waals surface area contributed by atoms with Gasteiger partial charge in [-0.25, -0.2) is 0 Å². The number of rotatable bonds is 3. The van der Waals surface area contributed by atoms with E-state index in [0.29, 0.717) is 4.49 Å². The fourth-order valence-corrected chi connectivity index (χ4v) is 0.674. The lowest BCUT2D eigenvalue weighted by atomic mass is 10.3. The highest BCUT2D eigenvalue weighted by Gasteiger charge is 1.80. The van der Waals surface area contributed by atoms with Crippen LogP contribution in [-0.2, 0) is 0 Å². The van der Waals surface area contributed by atoms with Crippen LogP contribution in [0.25, 0.3) is 0 Å². The molecule has 0 aliphatic rings. The molecule has 0 amide bonds. The summed E-state index contributed by atoms with van der Waals surface area (Å²) in [5.74, 6) is 0. The quantitative estimate of drug-likeness (QED) is 0.442. The Morgan fingerprint density at radius 3 is 2.44 bits per heavy atom. The Morgan fingerprint density at radius 1 is 1.33 bits per heavy atom. The second-order valence-corrected chi connectivity index (χ2v) is 2.65. The number of hydrogen-bond acceptors (Lipinski definition) is 0. The molecule has 0 nitrogen and oxygen atoms in total. The normalized spacial score (nSPS) is 10.1. The van der Waals surface area contributed by atoms with E-state index < -0.39 is 0 Å². The number of hydrogen-bond donors (Lipinski definition) is 0. The van der Waals surface area contributed by atoms with Crippen molar-refractivity contribution in [2.75, 3.05) is 0 Å². The summed E-state index contributed by atoms with van der Waals surface area (Å²) in [5, 5.41) is 0.